The fourth-order valence-corrected chi connectivity index (χ4v) is 2.68. The van der Waals surface area contributed by atoms with Gasteiger partial charge in [-0.25, -0.2) is 0 Å². The van der Waals surface area contributed by atoms with Crippen LogP contribution in [0, 0.1) is 32.8 Å². The molecule has 0 aliphatic carbocycles. The smallest absolute Gasteiger partial charge is 0.294 e. The number of hydrazone groups is 1. The molecular formula is C15H18N8O3. The number of hydrogen-bond donors (Lipinski definition) is 4. The van der Waals surface area contributed by atoms with Crippen molar-refractivity contribution in [2.45, 2.75) is 12.8 Å². The molecule has 11 heteroatoms. The second-order valence-electron chi connectivity index (χ2n) is 5.72. The normalized spacial score (nSPS) is 15.2. The van der Waals surface area contributed by atoms with Crippen LogP contribution < -0.4 is 21.8 Å². The quantitative estimate of drug-likeness (QED) is 0.247. The highest BCUT2D eigenvalue weighted by molar-refractivity contribution is 6.45. The molecule has 1 saturated heterocycles. The number of anilines is 2. The van der Waals surface area contributed by atoms with Crippen LogP contribution in [0.1, 0.15) is 12.8 Å². The number of hydrogen-bond acceptors (Lipinski definition) is 8. The number of primary amides is 1. The zero-order valence-electron chi connectivity index (χ0n) is 13.8. The molecule has 0 atom stereocenters. The van der Waals surface area contributed by atoms with E-state index >= 15 is 0 Å². The van der Waals surface area contributed by atoms with Crippen molar-refractivity contribution in [1.82, 2.24) is 0 Å². The minimum atomic E-state index is -0.513. The van der Waals surface area contributed by atoms with Gasteiger partial charge in [0.2, 0.25) is 11.6 Å². The second kappa shape index (κ2) is 7.93. The highest BCUT2D eigenvalue weighted by atomic mass is 16.6. The summed E-state index contributed by atoms with van der Waals surface area (Å²) in [6.07, 6.45) is 1.09. The molecule has 1 aromatic carbocycles. The van der Waals surface area contributed by atoms with Gasteiger partial charge in [-0.2, -0.15) is 10.4 Å². The van der Waals surface area contributed by atoms with E-state index in [2.05, 4.69) is 10.5 Å². The number of nitro benzene ring substituents is 1. The Labute approximate surface area is 148 Å². The third-order valence-electron chi connectivity index (χ3n) is 4.07. The molecule has 11 nitrogen and oxygen atoms in total. The fourth-order valence-electron chi connectivity index (χ4n) is 2.68. The van der Waals surface area contributed by atoms with E-state index in [0.717, 1.165) is 0 Å². The Hall–Kier alpha value is -3.68. The average Bonchev–Trinajstić information content (AvgIpc) is 2.61. The van der Waals surface area contributed by atoms with Crippen LogP contribution in [0.4, 0.5) is 17.1 Å². The lowest BCUT2D eigenvalue weighted by atomic mass is 9.96. The van der Waals surface area contributed by atoms with Crippen LogP contribution in [-0.4, -0.2) is 35.5 Å². The van der Waals surface area contributed by atoms with Crippen molar-refractivity contribution >= 4 is 34.5 Å². The Morgan fingerprint density at radius 3 is 2.58 bits per heavy atom. The van der Waals surface area contributed by atoms with Crippen LogP contribution in [0.25, 0.3) is 0 Å². The van der Waals surface area contributed by atoms with Gasteiger partial charge in [-0.3, -0.25) is 25.7 Å². The standard InChI is InChI=1S/C15H18N8O3/c16-8-11(14(17)18)21-20-10-1-2-12(13(7-10)23(25)26)22-5-3-9(4-6-22)15(19)24/h1-2,7,9,20H,3-6H2,(H3,17,18)(H2,19,24)/b21-11+. The minimum absolute atomic E-state index is 0.135. The summed E-state index contributed by atoms with van der Waals surface area (Å²) in [6, 6.07) is 6.07. The lowest BCUT2D eigenvalue weighted by Crippen LogP contribution is -2.38. The van der Waals surface area contributed by atoms with Gasteiger partial charge in [0.15, 0.2) is 5.84 Å². The number of nitrogens with one attached hydrogen (secondary N) is 2. The lowest BCUT2D eigenvalue weighted by molar-refractivity contribution is -0.384. The zero-order valence-corrected chi connectivity index (χ0v) is 13.8. The van der Waals surface area contributed by atoms with Crippen molar-refractivity contribution in [3.8, 4) is 6.07 Å². The van der Waals surface area contributed by atoms with Gasteiger partial charge in [-0.1, -0.05) is 0 Å². The van der Waals surface area contributed by atoms with Crippen LogP contribution in [0.3, 0.4) is 0 Å². The van der Waals surface area contributed by atoms with Crippen LogP contribution in [0.15, 0.2) is 23.3 Å². The summed E-state index contributed by atoms with van der Waals surface area (Å²) in [4.78, 5) is 24.0. The van der Waals surface area contributed by atoms with E-state index in [4.69, 9.17) is 22.1 Å². The number of nitrogens with two attached hydrogens (primary N) is 2. The van der Waals surface area contributed by atoms with Crippen LogP contribution in [0.5, 0.6) is 0 Å². The molecule has 0 aromatic heterocycles. The van der Waals surface area contributed by atoms with E-state index in [1.165, 1.54) is 6.07 Å². The van der Waals surface area contributed by atoms with Crippen molar-refractivity contribution in [3.05, 3.63) is 28.3 Å². The molecule has 1 aromatic rings. The number of piperidine rings is 1. The molecule has 0 radical (unpaired) electrons. The van der Waals surface area contributed by atoms with Crippen LogP contribution in [0.2, 0.25) is 0 Å². The highest BCUT2D eigenvalue weighted by Gasteiger charge is 2.27. The summed E-state index contributed by atoms with van der Waals surface area (Å²) in [5, 5.41) is 31.1. The number of nitriles is 1. The third-order valence-corrected chi connectivity index (χ3v) is 4.07. The molecule has 1 heterocycles. The van der Waals surface area contributed by atoms with Crippen molar-refractivity contribution in [2.75, 3.05) is 23.4 Å². The maximum absolute atomic E-state index is 11.4. The molecule has 26 heavy (non-hydrogen) atoms. The molecule has 0 unspecified atom stereocenters. The Kier molecular flexibility index (Phi) is 5.69. The Bertz CT molecular complexity index is 806. The van der Waals surface area contributed by atoms with Gasteiger partial charge in [0, 0.05) is 25.1 Å². The lowest BCUT2D eigenvalue weighted by Gasteiger charge is -2.32. The monoisotopic (exact) mass is 358 g/mol. The predicted octanol–water partition coefficient (Wildman–Crippen LogP) is 0.524. The molecule has 6 N–H and O–H groups in total. The predicted molar refractivity (Wildman–Crippen MR) is 95.8 cm³/mol. The number of nitro groups is 1. The third kappa shape index (κ3) is 4.23. The van der Waals surface area contributed by atoms with Crippen molar-refractivity contribution in [2.24, 2.45) is 22.5 Å². The first-order valence-corrected chi connectivity index (χ1v) is 7.74. The van der Waals surface area contributed by atoms with E-state index in [9.17, 15) is 14.9 Å². The maximum atomic E-state index is 11.4. The summed E-state index contributed by atoms with van der Waals surface area (Å²) < 4.78 is 0. The summed E-state index contributed by atoms with van der Waals surface area (Å²) in [7, 11) is 0. The first kappa shape index (κ1) is 18.7. The van der Waals surface area contributed by atoms with Crippen molar-refractivity contribution < 1.29 is 9.72 Å². The summed E-state index contributed by atoms with van der Waals surface area (Å²) >= 11 is 0. The van der Waals surface area contributed by atoms with Gasteiger partial charge in [-0.15, -0.1) is 0 Å². The molecule has 0 spiro atoms. The molecule has 0 bridgehead atoms. The fraction of sp³-hybridized carbons (Fsp3) is 0.333. The van der Waals surface area contributed by atoms with E-state index in [0.29, 0.717) is 31.6 Å². The van der Waals surface area contributed by atoms with Gasteiger partial charge < -0.3 is 16.4 Å². The number of benzene rings is 1. The summed E-state index contributed by atoms with van der Waals surface area (Å²) in [6.45, 7) is 0.977. The molecule has 1 aliphatic rings. The van der Waals surface area contributed by atoms with Crippen LogP contribution >= 0.6 is 0 Å². The summed E-state index contributed by atoms with van der Waals surface area (Å²) in [5.74, 6) is -1.07. The van der Waals surface area contributed by atoms with Crippen molar-refractivity contribution in [1.29, 1.82) is 10.7 Å². The molecule has 136 valence electrons. The first-order chi connectivity index (χ1) is 12.3. The summed E-state index contributed by atoms with van der Waals surface area (Å²) in [5.41, 5.74) is 13.2. The average molecular weight is 358 g/mol. The number of carbonyl (C=O) groups is 1. The maximum Gasteiger partial charge on any atom is 0.294 e. The number of amides is 1. The van der Waals surface area contributed by atoms with E-state index in [-0.39, 0.29) is 28.9 Å². The van der Waals surface area contributed by atoms with Gasteiger partial charge in [0.1, 0.15) is 11.8 Å². The first-order valence-electron chi connectivity index (χ1n) is 7.74. The molecule has 1 aliphatic heterocycles. The number of carbonyl (C=O) groups excluding carboxylic acids is 1. The zero-order chi connectivity index (χ0) is 19.3. The molecule has 2 rings (SSSR count). The van der Waals surface area contributed by atoms with Gasteiger partial charge in [0.05, 0.1) is 10.6 Å². The molecule has 1 fully saturated rings. The van der Waals surface area contributed by atoms with Crippen molar-refractivity contribution in [3.63, 3.8) is 0 Å². The second-order valence-corrected chi connectivity index (χ2v) is 5.72. The largest absolute Gasteiger partial charge is 0.382 e. The topological polar surface area (TPSA) is 188 Å². The molecular weight excluding hydrogens is 340 g/mol. The Balaban J connectivity index is 2.22. The highest BCUT2D eigenvalue weighted by Crippen LogP contribution is 2.33. The number of rotatable bonds is 6. The minimum Gasteiger partial charge on any atom is -0.382 e. The SMILES string of the molecule is N#C/C(=N\Nc1ccc(N2CCC(C(N)=O)CC2)c([N+](=O)[O-])c1)C(=N)N. The van der Waals surface area contributed by atoms with Gasteiger partial charge in [0.25, 0.3) is 5.69 Å². The molecule has 1 amide bonds. The van der Waals surface area contributed by atoms with E-state index in [1.54, 1.807) is 18.2 Å². The van der Waals surface area contributed by atoms with E-state index < -0.39 is 10.8 Å². The molecule has 0 saturated carbocycles. The number of amidine groups is 1. The van der Waals surface area contributed by atoms with E-state index in [1.807, 2.05) is 4.90 Å². The Morgan fingerprint density at radius 2 is 2.08 bits per heavy atom. The Morgan fingerprint density at radius 1 is 1.42 bits per heavy atom. The van der Waals surface area contributed by atoms with Crippen LogP contribution in [-0.2, 0) is 4.79 Å². The number of nitrogens with zero attached hydrogens (tertiary/aromatic N) is 4. The van der Waals surface area contributed by atoms with Gasteiger partial charge >= 0.3 is 0 Å². The van der Waals surface area contributed by atoms with Gasteiger partial charge in [-0.05, 0) is 25.0 Å².